The summed E-state index contributed by atoms with van der Waals surface area (Å²) in [7, 11) is 0. The average molecular weight is 377 g/mol. The molecule has 6 nitrogen and oxygen atoms in total. The molecule has 3 rings (SSSR count). The summed E-state index contributed by atoms with van der Waals surface area (Å²) in [4.78, 5) is 24.7. The molecule has 0 unspecified atom stereocenters. The number of para-hydroxylation sites is 2. The summed E-state index contributed by atoms with van der Waals surface area (Å²) >= 11 is 0. The van der Waals surface area contributed by atoms with E-state index in [1.165, 1.54) is 0 Å². The Bertz CT molecular complexity index is 868. The van der Waals surface area contributed by atoms with E-state index in [1.807, 2.05) is 36.4 Å². The predicted molar refractivity (Wildman–Crippen MR) is 106 cm³/mol. The molecule has 0 bridgehead atoms. The first kappa shape index (κ1) is 19.4. The molecule has 0 aliphatic heterocycles. The van der Waals surface area contributed by atoms with Crippen LogP contribution in [-0.2, 0) is 9.53 Å². The lowest BCUT2D eigenvalue weighted by atomic mass is 9.83. The highest BCUT2D eigenvalue weighted by Crippen LogP contribution is 2.27. The number of rotatable bonds is 6. The van der Waals surface area contributed by atoms with Crippen LogP contribution in [0.2, 0.25) is 0 Å². The second-order valence-corrected chi connectivity index (χ2v) is 6.92. The van der Waals surface area contributed by atoms with Crippen LogP contribution >= 0.6 is 0 Å². The number of hydrogen-bond acceptors (Lipinski definition) is 5. The number of nitrogens with one attached hydrogen (secondary N) is 2. The Morgan fingerprint density at radius 1 is 1.00 bits per heavy atom. The molecular weight excluding hydrogens is 354 g/mol. The molecule has 0 atom stereocenters. The molecule has 0 radical (unpaired) electrons. The van der Waals surface area contributed by atoms with Crippen molar-refractivity contribution in [2.45, 2.75) is 37.6 Å². The first-order valence-electron chi connectivity index (χ1n) is 9.42. The molecule has 6 heteroatoms. The van der Waals surface area contributed by atoms with Crippen LogP contribution < -0.4 is 10.6 Å². The van der Waals surface area contributed by atoms with Gasteiger partial charge in [-0.2, -0.15) is 5.26 Å². The van der Waals surface area contributed by atoms with Gasteiger partial charge in [0.05, 0.1) is 17.3 Å². The molecule has 2 aromatic rings. The van der Waals surface area contributed by atoms with Crippen LogP contribution in [0.25, 0.3) is 0 Å². The zero-order valence-corrected chi connectivity index (χ0v) is 15.6. The maximum absolute atomic E-state index is 12.5. The number of carbonyl (C=O) groups is 2. The van der Waals surface area contributed by atoms with E-state index in [2.05, 4.69) is 16.7 Å². The number of benzene rings is 2. The van der Waals surface area contributed by atoms with Crippen LogP contribution in [0.15, 0.2) is 54.6 Å². The lowest BCUT2D eigenvalue weighted by Crippen LogP contribution is -2.50. The molecule has 1 amide bonds. The Balaban J connectivity index is 1.61. The van der Waals surface area contributed by atoms with E-state index in [0.29, 0.717) is 24.1 Å². The van der Waals surface area contributed by atoms with Gasteiger partial charge in [-0.15, -0.1) is 0 Å². The van der Waals surface area contributed by atoms with Gasteiger partial charge in [-0.05, 0) is 37.1 Å². The summed E-state index contributed by atoms with van der Waals surface area (Å²) in [6, 6.07) is 18.7. The zero-order chi connectivity index (χ0) is 19.8. The fraction of sp³-hybridized carbons (Fsp3) is 0.318. The van der Waals surface area contributed by atoms with Gasteiger partial charge in [-0.25, -0.2) is 4.79 Å². The highest BCUT2D eigenvalue weighted by molar-refractivity contribution is 5.97. The quantitative estimate of drug-likeness (QED) is 0.744. The van der Waals surface area contributed by atoms with Crippen molar-refractivity contribution in [3.63, 3.8) is 0 Å². The van der Waals surface area contributed by atoms with Gasteiger partial charge in [-0.1, -0.05) is 49.6 Å². The summed E-state index contributed by atoms with van der Waals surface area (Å²) in [5, 5.41) is 15.4. The molecule has 1 aliphatic carbocycles. The standard InChI is InChI=1S/C22H23N3O3/c23-16-22(13-7-2-8-14-22)25-20(26)15-28-21(27)18-11-5-6-12-19(18)24-17-9-3-1-4-10-17/h1,3-6,9-12,24H,2,7-8,13-15H2,(H,25,26). The summed E-state index contributed by atoms with van der Waals surface area (Å²) in [6.07, 6.45) is 4.15. The SMILES string of the molecule is N#CC1(NC(=O)COC(=O)c2ccccc2Nc2ccccc2)CCCCC1. The number of anilines is 2. The van der Waals surface area contributed by atoms with Gasteiger partial charge in [0.2, 0.25) is 0 Å². The third-order valence-electron chi connectivity index (χ3n) is 4.83. The van der Waals surface area contributed by atoms with E-state index in [9.17, 15) is 14.9 Å². The van der Waals surface area contributed by atoms with Gasteiger partial charge >= 0.3 is 5.97 Å². The Morgan fingerprint density at radius 2 is 1.68 bits per heavy atom. The zero-order valence-electron chi connectivity index (χ0n) is 15.6. The van der Waals surface area contributed by atoms with Gasteiger partial charge < -0.3 is 15.4 Å². The van der Waals surface area contributed by atoms with Crippen LogP contribution in [0, 0.1) is 11.3 Å². The van der Waals surface area contributed by atoms with Crippen molar-refractivity contribution in [3.05, 3.63) is 60.2 Å². The van der Waals surface area contributed by atoms with Gasteiger partial charge in [-0.3, -0.25) is 4.79 Å². The van der Waals surface area contributed by atoms with E-state index in [4.69, 9.17) is 4.74 Å². The number of hydrogen-bond donors (Lipinski definition) is 2. The minimum Gasteiger partial charge on any atom is -0.452 e. The molecule has 0 spiro atoms. The summed E-state index contributed by atoms with van der Waals surface area (Å²) in [5.74, 6) is -1.05. The number of amides is 1. The minimum atomic E-state index is -0.839. The van der Waals surface area contributed by atoms with Crippen molar-refractivity contribution in [1.29, 1.82) is 5.26 Å². The van der Waals surface area contributed by atoms with Crippen LogP contribution in [0.1, 0.15) is 42.5 Å². The van der Waals surface area contributed by atoms with E-state index < -0.39 is 24.0 Å². The Kier molecular flexibility index (Phi) is 6.28. The van der Waals surface area contributed by atoms with Crippen molar-refractivity contribution in [3.8, 4) is 6.07 Å². The summed E-state index contributed by atoms with van der Waals surface area (Å²) in [5.41, 5.74) is 0.939. The normalized spacial score (nSPS) is 15.1. The second kappa shape index (κ2) is 9.05. The lowest BCUT2D eigenvalue weighted by molar-refractivity contribution is -0.125. The number of nitrogens with zero attached hydrogens (tertiary/aromatic N) is 1. The van der Waals surface area contributed by atoms with Gasteiger partial charge in [0.15, 0.2) is 6.61 Å². The van der Waals surface area contributed by atoms with Crippen LogP contribution in [0.5, 0.6) is 0 Å². The molecule has 1 aliphatic rings. The fourth-order valence-corrected chi connectivity index (χ4v) is 3.38. The molecule has 1 saturated carbocycles. The minimum absolute atomic E-state index is 0.340. The summed E-state index contributed by atoms with van der Waals surface area (Å²) < 4.78 is 5.20. The van der Waals surface area contributed by atoms with E-state index in [-0.39, 0.29) is 0 Å². The van der Waals surface area contributed by atoms with E-state index in [0.717, 1.165) is 24.9 Å². The monoisotopic (exact) mass is 377 g/mol. The van der Waals surface area contributed by atoms with Crippen LogP contribution in [0.4, 0.5) is 11.4 Å². The molecule has 2 N–H and O–H groups in total. The maximum atomic E-state index is 12.5. The third kappa shape index (κ3) is 4.89. The number of carbonyl (C=O) groups excluding carboxylic acids is 2. The van der Waals surface area contributed by atoms with Crippen molar-refractivity contribution in [2.24, 2.45) is 0 Å². The average Bonchev–Trinajstić information content (AvgIpc) is 2.74. The highest BCUT2D eigenvalue weighted by atomic mass is 16.5. The topological polar surface area (TPSA) is 91.2 Å². The molecule has 0 saturated heterocycles. The van der Waals surface area contributed by atoms with Crippen molar-refractivity contribution in [2.75, 3.05) is 11.9 Å². The smallest absolute Gasteiger partial charge is 0.340 e. The largest absolute Gasteiger partial charge is 0.452 e. The number of ether oxygens (including phenoxy) is 1. The first-order valence-corrected chi connectivity index (χ1v) is 9.42. The predicted octanol–water partition coefficient (Wildman–Crippen LogP) is 3.93. The Morgan fingerprint density at radius 3 is 2.39 bits per heavy atom. The second-order valence-electron chi connectivity index (χ2n) is 6.92. The molecule has 1 fully saturated rings. The molecule has 2 aromatic carbocycles. The molecule has 0 aromatic heterocycles. The first-order chi connectivity index (χ1) is 13.6. The Labute approximate surface area is 164 Å². The van der Waals surface area contributed by atoms with Crippen molar-refractivity contribution in [1.82, 2.24) is 5.32 Å². The molecule has 28 heavy (non-hydrogen) atoms. The van der Waals surface area contributed by atoms with Crippen molar-refractivity contribution >= 4 is 23.3 Å². The van der Waals surface area contributed by atoms with E-state index >= 15 is 0 Å². The van der Waals surface area contributed by atoms with Crippen LogP contribution in [-0.4, -0.2) is 24.0 Å². The van der Waals surface area contributed by atoms with Crippen LogP contribution in [0.3, 0.4) is 0 Å². The molecular formula is C22H23N3O3. The fourth-order valence-electron chi connectivity index (χ4n) is 3.38. The van der Waals surface area contributed by atoms with Gasteiger partial charge in [0.25, 0.3) is 5.91 Å². The lowest BCUT2D eigenvalue weighted by Gasteiger charge is -2.31. The molecule has 144 valence electrons. The van der Waals surface area contributed by atoms with Gasteiger partial charge in [0, 0.05) is 5.69 Å². The maximum Gasteiger partial charge on any atom is 0.340 e. The molecule has 0 heterocycles. The third-order valence-corrected chi connectivity index (χ3v) is 4.83. The number of esters is 1. The number of nitriles is 1. The highest BCUT2D eigenvalue weighted by Gasteiger charge is 2.33. The summed E-state index contributed by atoms with van der Waals surface area (Å²) in [6.45, 7) is -0.415. The Hall–Kier alpha value is -3.33. The van der Waals surface area contributed by atoms with Crippen molar-refractivity contribution < 1.29 is 14.3 Å². The van der Waals surface area contributed by atoms with Gasteiger partial charge in [0.1, 0.15) is 5.54 Å². The van der Waals surface area contributed by atoms with E-state index in [1.54, 1.807) is 18.2 Å².